The van der Waals surface area contributed by atoms with Crippen molar-refractivity contribution in [3.05, 3.63) is 52.9 Å². The molecule has 3 aliphatic rings. The van der Waals surface area contributed by atoms with Crippen LogP contribution < -0.4 is 0 Å². The molecule has 34 heavy (non-hydrogen) atoms. The van der Waals surface area contributed by atoms with Gasteiger partial charge in [-0.1, -0.05) is 56.3 Å². The molecule has 182 valence electrons. The third-order valence-electron chi connectivity index (χ3n) is 7.38. The van der Waals surface area contributed by atoms with E-state index in [1.807, 2.05) is 30.3 Å². The summed E-state index contributed by atoms with van der Waals surface area (Å²) in [5.41, 5.74) is 3.58. The quantitative estimate of drug-likeness (QED) is 0.525. The van der Waals surface area contributed by atoms with Gasteiger partial charge in [-0.2, -0.15) is 0 Å². The summed E-state index contributed by atoms with van der Waals surface area (Å²) in [5, 5.41) is 4.42. The summed E-state index contributed by atoms with van der Waals surface area (Å²) >= 11 is 0. The molecule has 0 bridgehead atoms. The minimum atomic E-state index is -0.534. The van der Waals surface area contributed by atoms with Gasteiger partial charge in [-0.25, -0.2) is 0 Å². The van der Waals surface area contributed by atoms with Crippen molar-refractivity contribution in [2.75, 3.05) is 6.61 Å². The van der Waals surface area contributed by atoms with Crippen LogP contribution >= 0.6 is 0 Å². The maximum Gasteiger partial charge on any atom is 0.257 e. The Labute approximate surface area is 202 Å². The number of aryl methyl sites for hydroxylation is 1. The first-order chi connectivity index (χ1) is 16.3. The van der Waals surface area contributed by atoms with E-state index in [0.717, 1.165) is 22.9 Å². The molecule has 0 radical (unpaired) electrons. The number of aromatic nitrogens is 1. The number of benzene rings is 1. The fourth-order valence-corrected chi connectivity index (χ4v) is 5.69. The van der Waals surface area contributed by atoms with E-state index in [1.165, 1.54) is 42.6 Å². The van der Waals surface area contributed by atoms with Crippen LogP contribution in [0.2, 0.25) is 0 Å². The molecule has 2 saturated carbocycles. The van der Waals surface area contributed by atoms with Crippen LogP contribution in [0, 0.1) is 11.3 Å². The Morgan fingerprint density at radius 2 is 1.85 bits per heavy atom. The average molecular weight is 465 g/mol. The Hall–Kier alpha value is -2.47. The van der Waals surface area contributed by atoms with E-state index in [0.29, 0.717) is 30.1 Å². The minimum Gasteiger partial charge on any atom is -0.361 e. The smallest absolute Gasteiger partial charge is 0.257 e. The van der Waals surface area contributed by atoms with Crippen molar-refractivity contribution >= 4 is 11.8 Å². The highest BCUT2D eigenvalue weighted by Crippen LogP contribution is 2.52. The van der Waals surface area contributed by atoms with Crippen molar-refractivity contribution in [3.63, 3.8) is 0 Å². The van der Waals surface area contributed by atoms with Crippen LogP contribution in [0.15, 0.2) is 34.9 Å². The van der Waals surface area contributed by atoms with Crippen LogP contribution in [-0.2, 0) is 27.2 Å². The Bertz CT molecular complexity index is 1030. The van der Waals surface area contributed by atoms with Gasteiger partial charge in [-0.05, 0) is 54.9 Å². The van der Waals surface area contributed by atoms with E-state index in [1.54, 1.807) is 0 Å². The van der Waals surface area contributed by atoms with Crippen LogP contribution in [0.1, 0.15) is 93.7 Å². The minimum absolute atomic E-state index is 0.0396. The second kappa shape index (κ2) is 9.29. The standard InChI is InChI=1S/C28H36N2O4/c1-28(2,3)16-19-13-21(14-19)27-26(20-9-10-20)22(29-34-27)11-12-23(31)30-24(32)17-33-25(30)15-18-7-5-4-6-8-18/h4-8,19-21,25H,9-17H2,1-3H3/t19-,21+,25-/m1/s1. The Balaban J connectivity index is 1.22. The molecule has 2 aliphatic carbocycles. The molecular formula is C28H36N2O4. The topological polar surface area (TPSA) is 72.6 Å². The largest absolute Gasteiger partial charge is 0.361 e. The number of imide groups is 1. The molecule has 1 aromatic heterocycles. The van der Waals surface area contributed by atoms with E-state index in [2.05, 4.69) is 25.9 Å². The lowest BCUT2D eigenvalue weighted by Crippen LogP contribution is -2.40. The predicted molar refractivity (Wildman–Crippen MR) is 128 cm³/mol. The van der Waals surface area contributed by atoms with Gasteiger partial charge < -0.3 is 9.26 Å². The van der Waals surface area contributed by atoms with Crippen molar-refractivity contribution in [3.8, 4) is 0 Å². The van der Waals surface area contributed by atoms with Gasteiger partial charge in [0.05, 0.1) is 5.69 Å². The summed E-state index contributed by atoms with van der Waals surface area (Å²) in [5.74, 6) is 2.36. The summed E-state index contributed by atoms with van der Waals surface area (Å²) in [6.07, 6.45) is 6.66. The molecule has 6 heteroatoms. The van der Waals surface area contributed by atoms with Gasteiger partial charge in [0.1, 0.15) is 18.6 Å². The number of hydrogen-bond acceptors (Lipinski definition) is 5. The zero-order valence-electron chi connectivity index (χ0n) is 20.6. The summed E-state index contributed by atoms with van der Waals surface area (Å²) in [4.78, 5) is 26.8. The first-order valence-electron chi connectivity index (χ1n) is 12.8. The normalized spacial score (nSPS) is 25.0. The molecule has 6 nitrogen and oxygen atoms in total. The number of amides is 2. The molecule has 1 saturated heterocycles. The summed E-state index contributed by atoms with van der Waals surface area (Å²) in [6, 6.07) is 9.83. The molecular weight excluding hydrogens is 428 g/mol. The summed E-state index contributed by atoms with van der Waals surface area (Å²) in [7, 11) is 0. The second-order valence-corrected chi connectivity index (χ2v) is 11.6. The molecule has 2 heterocycles. The SMILES string of the molecule is CC(C)(C)C[C@H]1C[C@@H](c2onc(CCC(=O)N3C(=O)CO[C@@H]3Cc3ccccc3)c2C2CC2)C1. The zero-order chi connectivity index (χ0) is 23.9. The molecule has 1 atom stereocenters. The van der Waals surface area contributed by atoms with Crippen LogP contribution in [0.25, 0.3) is 0 Å². The molecule has 5 rings (SSSR count). The maximum atomic E-state index is 13.1. The van der Waals surface area contributed by atoms with Gasteiger partial charge >= 0.3 is 0 Å². The van der Waals surface area contributed by atoms with E-state index < -0.39 is 6.23 Å². The molecule has 1 aromatic carbocycles. The van der Waals surface area contributed by atoms with E-state index >= 15 is 0 Å². The number of carbonyl (C=O) groups is 2. The fourth-order valence-electron chi connectivity index (χ4n) is 5.69. The van der Waals surface area contributed by atoms with Crippen molar-refractivity contribution < 1.29 is 18.8 Å². The van der Waals surface area contributed by atoms with E-state index in [9.17, 15) is 9.59 Å². The lowest BCUT2D eigenvalue weighted by Gasteiger charge is -2.38. The molecule has 0 spiro atoms. The van der Waals surface area contributed by atoms with Crippen molar-refractivity contribution in [2.45, 2.75) is 90.2 Å². The van der Waals surface area contributed by atoms with Gasteiger partial charge in [-0.3, -0.25) is 14.5 Å². The highest BCUT2D eigenvalue weighted by molar-refractivity contribution is 5.97. The number of carbonyl (C=O) groups excluding carboxylic acids is 2. The van der Waals surface area contributed by atoms with Gasteiger partial charge in [0.2, 0.25) is 5.91 Å². The Morgan fingerprint density at radius 1 is 1.12 bits per heavy atom. The van der Waals surface area contributed by atoms with Crippen LogP contribution in [0.5, 0.6) is 0 Å². The molecule has 3 fully saturated rings. The fraction of sp³-hybridized carbons (Fsp3) is 0.607. The summed E-state index contributed by atoms with van der Waals surface area (Å²) < 4.78 is 11.5. The number of ether oxygens (including phenoxy) is 1. The third kappa shape index (κ3) is 5.12. The maximum absolute atomic E-state index is 13.1. The van der Waals surface area contributed by atoms with Crippen molar-refractivity contribution in [2.24, 2.45) is 11.3 Å². The lowest BCUT2D eigenvalue weighted by molar-refractivity contribution is -0.144. The first kappa shape index (κ1) is 23.3. The summed E-state index contributed by atoms with van der Waals surface area (Å²) in [6.45, 7) is 6.88. The van der Waals surface area contributed by atoms with E-state index in [4.69, 9.17) is 9.26 Å². The highest BCUT2D eigenvalue weighted by atomic mass is 16.5. The molecule has 2 aromatic rings. The molecule has 1 aliphatic heterocycles. The van der Waals surface area contributed by atoms with Gasteiger partial charge in [0.15, 0.2) is 0 Å². The second-order valence-electron chi connectivity index (χ2n) is 11.6. The van der Waals surface area contributed by atoms with E-state index in [-0.39, 0.29) is 24.8 Å². The molecule has 0 N–H and O–H groups in total. The van der Waals surface area contributed by atoms with Gasteiger partial charge in [-0.15, -0.1) is 0 Å². The number of hydrogen-bond donors (Lipinski definition) is 0. The third-order valence-corrected chi connectivity index (χ3v) is 7.38. The first-order valence-corrected chi connectivity index (χ1v) is 12.8. The van der Waals surface area contributed by atoms with Gasteiger partial charge in [0, 0.05) is 30.7 Å². The molecule has 0 unspecified atom stereocenters. The monoisotopic (exact) mass is 464 g/mol. The zero-order valence-corrected chi connectivity index (χ0v) is 20.6. The van der Waals surface area contributed by atoms with Crippen LogP contribution in [-0.4, -0.2) is 34.7 Å². The van der Waals surface area contributed by atoms with Crippen LogP contribution in [0.3, 0.4) is 0 Å². The van der Waals surface area contributed by atoms with Crippen molar-refractivity contribution in [1.82, 2.24) is 10.1 Å². The van der Waals surface area contributed by atoms with Crippen molar-refractivity contribution in [1.29, 1.82) is 0 Å². The molecule has 2 amide bonds. The lowest BCUT2D eigenvalue weighted by atomic mass is 9.67. The Kier molecular flexibility index (Phi) is 6.36. The Morgan fingerprint density at radius 3 is 2.53 bits per heavy atom. The average Bonchev–Trinajstić information content (AvgIpc) is 3.42. The predicted octanol–water partition coefficient (Wildman–Crippen LogP) is 5.37. The number of rotatable bonds is 8. The van der Waals surface area contributed by atoms with Gasteiger partial charge in [0.25, 0.3) is 5.91 Å². The number of nitrogens with zero attached hydrogens (tertiary/aromatic N) is 2. The highest BCUT2D eigenvalue weighted by Gasteiger charge is 2.41. The van der Waals surface area contributed by atoms with Crippen LogP contribution in [0.4, 0.5) is 0 Å².